The van der Waals surface area contributed by atoms with Crippen molar-refractivity contribution in [3.63, 3.8) is 0 Å². The maximum atomic E-state index is 13.4. The van der Waals surface area contributed by atoms with Crippen molar-refractivity contribution in [2.45, 2.75) is 20.5 Å². The molecule has 37 heavy (non-hydrogen) atoms. The number of hydrogen-bond donors (Lipinski definition) is 1. The van der Waals surface area contributed by atoms with Crippen molar-refractivity contribution >= 4 is 75.7 Å². The number of methoxy groups -OCH3 is 1. The van der Waals surface area contributed by atoms with Crippen LogP contribution in [0.2, 0.25) is 15.1 Å². The number of nitrogens with zero attached hydrogens (tertiary/aromatic N) is 1. The molecule has 1 heterocycles. The van der Waals surface area contributed by atoms with Crippen molar-refractivity contribution in [3.8, 4) is 11.5 Å². The van der Waals surface area contributed by atoms with Gasteiger partial charge in [-0.25, -0.2) is 0 Å². The van der Waals surface area contributed by atoms with Gasteiger partial charge in [-0.15, -0.1) is 0 Å². The van der Waals surface area contributed by atoms with Gasteiger partial charge in [0.05, 0.1) is 17.8 Å². The first kappa shape index (κ1) is 26.9. The van der Waals surface area contributed by atoms with Gasteiger partial charge in [0.15, 0.2) is 16.6 Å². The maximum Gasteiger partial charge on any atom is 0.270 e. The SMILES string of the molecule is COc1cc(/C=C2\C(=O)NC(=S)N(c3ccc(C)c(C)c3)C2=O)cc(Cl)c1OCc1ccc(Cl)cc1Cl. The summed E-state index contributed by atoms with van der Waals surface area (Å²) in [7, 11) is 1.46. The van der Waals surface area contributed by atoms with Crippen molar-refractivity contribution in [2.75, 3.05) is 12.0 Å². The number of halogens is 3. The number of carbonyl (C=O) groups excluding carboxylic acids is 2. The highest BCUT2D eigenvalue weighted by Gasteiger charge is 2.34. The molecule has 1 aliphatic heterocycles. The maximum absolute atomic E-state index is 13.4. The van der Waals surface area contributed by atoms with Gasteiger partial charge in [-0.1, -0.05) is 46.9 Å². The largest absolute Gasteiger partial charge is 0.493 e. The Hall–Kier alpha value is -3.10. The summed E-state index contributed by atoms with van der Waals surface area (Å²) < 4.78 is 11.4. The summed E-state index contributed by atoms with van der Waals surface area (Å²) in [4.78, 5) is 27.4. The average Bonchev–Trinajstić information content (AvgIpc) is 2.84. The molecule has 3 aromatic rings. The molecule has 10 heteroatoms. The highest BCUT2D eigenvalue weighted by Crippen LogP contribution is 2.38. The first-order chi connectivity index (χ1) is 17.6. The summed E-state index contributed by atoms with van der Waals surface area (Å²) in [5.74, 6) is -0.558. The number of ether oxygens (including phenoxy) is 2. The van der Waals surface area contributed by atoms with Crippen LogP contribution in [0.1, 0.15) is 22.3 Å². The van der Waals surface area contributed by atoms with Crippen LogP contribution in [0.4, 0.5) is 5.69 Å². The number of thiocarbonyl (C=S) groups is 1. The highest BCUT2D eigenvalue weighted by molar-refractivity contribution is 7.80. The van der Waals surface area contributed by atoms with E-state index in [1.807, 2.05) is 26.0 Å². The number of nitrogens with one attached hydrogen (secondary N) is 1. The second-order valence-electron chi connectivity index (χ2n) is 8.28. The number of carbonyl (C=O) groups is 2. The zero-order chi connectivity index (χ0) is 26.9. The fraction of sp³-hybridized carbons (Fsp3) is 0.148. The van der Waals surface area contributed by atoms with Crippen LogP contribution in [-0.4, -0.2) is 24.0 Å². The number of amides is 2. The second kappa shape index (κ2) is 11.1. The molecule has 1 saturated heterocycles. The molecule has 1 aliphatic rings. The van der Waals surface area contributed by atoms with Crippen LogP contribution < -0.4 is 19.7 Å². The van der Waals surface area contributed by atoms with Crippen LogP contribution in [0.25, 0.3) is 6.08 Å². The fourth-order valence-corrected chi connectivity index (χ4v) is 4.69. The minimum absolute atomic E-state index is 0.00984. The molecule has 0 spiro atoms. The van der Waals surface area contributed by atoms with E-state index in [2.05, 4.69) is 5.32 Å². The van der Waals surface area contributed by atoms with Gasteiger partial charge in [-0.05, 0) is 85.2 Å². The minimum Gasteiger partial charge on any atom is -0.493 e. The van der Waals surface area contributed by atoms with E-state index in [-0.39, 0.29) is 28.1 Å². The highest BCUT2D eigenvalue weighted by atomic mass is 35.5. The predicted molar refractivity (Wildman–Crippen MR) is 151 cm³/mol. The standard InChI is InChI=1S/C27H21Cl3N2O4S/c1-14-4-7-19(8-15(14)2)32-26(34)20(25(33)31-27(32)37)9-16-10-22(30)24(23(11-16)35-3)36-13-17-5-6-18(28)12-21(17)29/h4-12H,13H2,1-3H3,(H,31,33,37)/b20-9+. The second-order valence-corrected chi connectivity index (χ2v) is 9.92. The number of aryl methyl sites for hydroxylation is 2. The topological polar surface area (TPSA) is 67.9 Å². The third-order valence-corrected chi connectivity index (χ3v) is 6.95. The molecule has 2 amide bonds. The lowest BCUT2D eigenvalue weighted by atomic mass is 10.0. The first-order valence-electron chi connectivity index (χ1n) is 11.0. The van der Waals surface area contributed by atoms with Gasteiger partial charge in [0.2, 0.25) is 0 Å². The van der Waals surface area contributed by atoms with Crippen molar-refractivity contribution in [2.24, 2.45) is 0 Å². The molecule has 0 aromatic heterocycles. The van der Waals surface area contributed by atoms with Crippen molar-refractivity contribution < 1.29 is 19.1 Å². The Bertz CT molecular complexity index is 1470. The van der Waals surface area contributed by atoms with Crippen LogP contribution in [0.15, 0.2) is 54.1 Å². The summed E-state index contributed by atoms with van der Waals surface area (Å²) in [6, 6.07) is 13.8. The Kier molecular flexibility index (Phi) is 8.09. The Morgan fingerprint density at radius 2 is 1.73 bits per heavy atom. The van der Waals surface area contributed by atoms with Gasteiger partial charge in [-0.2, -0.15) is 0 Å². The lowest BCUT2D eigenvalue weighted by Crippen LogP contribution is -2.54. The van der Waals surface area contributed by atoms with E-state index in [9.17, 15) is 9.59 Å². The van der Waals surface area contributed by atoms with Crippen LogP contribution in [0.3, 0.4) is 0 Å². The lowest BCUT2D eigenvalue weighted by Gasteiger charge is -2.29. The predicted octanol–water partition coefficient (Wildman–Crippen LogP) is 6.68. The molecule has 0 atom stereocenters. The molecule has 6 nitrogen and oxygen atoms in total. The van der Waals surface area contributed by atoms with Crippen molar-refractivity contribution in [3.05, 3.63) is 91.4 Å². The average molecular weight is 576 g/mol. The van der Waals surface area contributed by atoms with Gasteiger partial charge in [0, 0.05) is 15.6 Å². The molecule has 1 N–H and O–H groups in total. The Morgan fingerprint density at radius 3 is 2.41 bits per heavy atom. The summed E-state index contributed by atoms with van der Waals surface area (Å²) >= 11 is 24.0. The number of benzene rings is 3. The van der Waals surface area contributed by atoms with E-state index in [0.717, 1.165) is 11.1 Å². The summed E-state index contributed by atoms with van der Waals surface area (Å²) in [6.07, 6.45) is 1.43. The van der Waals surface area contributed by atoms with E-state index >= 15 is 0 Å². The molecule has 0 radical (unpaired) electrons. The van der Waals surface area contributed by atoms with Gasteiger partial charge in [-0.3, -0.25) is 19.8 Å². The Morgan fingerprint density at radius 1 is 0.973 bits per heavy atom. The van der Waals surface area contributed by atoms with Crippen LogP contribution in [0.5, 0.6) is 11.5 Å². The van der Waals surface area contributed by atoms with Crippen molar-refractivity contribution in [1.29, 1.82) is 0 Å². The number of hydrogen-bond acceptors (Lipinski definition) is 5. The summed E-state index contributed by atoms with van der Waals surface area (Å²) in [5.41, 5.74) is 3.69. The fourth-order valence-electron chi connectivity index (χ4n) is 3.68. The molecule has 190 valence electrons. The number of anilines is 1. The molecule has 1 fully saturated rings. The van der Waals surface area contributed by atoms with Crippen LogP contribution >= 0.6 is 47.0 Å². The van der Waals surface area contributed by atoms with E-state index in [1.54, 1.807) is 36.4 Å². The van der Waals surface area contributed by atoms with Gasteiger partial charge >= 0.3 is 0 Å². The molecule has 4 rings (SSSR count). The third-order valence-electron chi connectivity index (χ3n) is 5.80. The zero-order valence-corrected chi connectivity index (χ0v) is 23.1. The van der Waals surface area contributed by atoms with E-state index < -0.39 is 11.8 Å². The zero-order valence-electron chi connectivity index (χ0n) is 20.0. The van der Waals surface area contributed by atoms with Gasteiger partial charge in [0.25, 0.3) is 11.8 Å². The minimum atomic E-state index is -0.608. The lowest BCUT2D eigenvalue weighted by molar-refractivity contribution is -0.122. The van der Waals surface area contributed by atoms with E-state index in [1.165, 1.54) is 18.1 Å². The smallest absolute Gasteiger partial charge is 0.270 e. The molecular formula is C27H21Cl3N2O4S. The summed E-state index contributed by atoms with van der Waals surface area (Å²) in [5, 5.41) is 3.79. The number of rotatable bonds is 6. The van der Waals surface area contributed by atoms with Gasteiger partial charge < -0.3 is 9.47 Å². The van der Waals surface area contributed by atoms with Crippen molar-refractivity contribution in [1.82, 2.24) is 5.32 Å². The summed E-state index contributed by atoms with van der Waals surface area (Å²) in [6.45, 7) is 4.03. The molecular weight excluding hydrogens is 555 g/mol. The van der Waals surface area contributed by atoms with E-state index in [4.69, 9.17) is 56.5 Å². The molecule has 0 bridgehead atoms. The Balaban J connectivity index is 1.65. The van der Waals surface area contributed by atoms with E-state index in [0.29, 0.717) is 32.6 Å². The van der Waals surface area contributed by atoms with Crippen LogP contribution in [-0.2, 0) is 16.2 Å². The monoisotopic (exact) mass is 574 g/mol. The molecule has 0 aliphatic carbocycles. The quantitative estimate of drug-likeness (QED) is 0.202. The molecule has 0 unspecified atom stereocenters. The molecule has 3 aromatic carbocycles. The molecule has 0 saturated carbocycles. The Labute approximate surface area is 234 Å². The van der Waals surface area contributed by atoms with Crippen LogP contribution in [0, 0.1) is 13.8 Å². The first-order valence-corrected chi connectivity index (χ1v) is 12.6. The van der Waals surface area contributed by atoms with Gasteiger partial charge in [0.1, 0.15) is 12.2 Å². The third kappa shape index (κ3) is 5.75. The normalized spacial score (nSPS) is 14.7.